The highest BCUT2D eigenvalue weighted by Gasteiger charge is 2.33. The third-order valence-electron chi connectivity index (χ3n) is 2.43. The molecule has 1 aliphatic rings. The van der Waals surface area contributed by atoms with Gasteiger partial charge >= 0.3 is 0 Å². The highest BCUT2D eigenvalue weighted by atomic mass is 16.3. The van der Waals surface area contributed by atoms with Crippen molar-refractivity contribution in [2.45, 2.75) is 19.4 Å². The molecule has 1 rings (SSSR count). The first-order chi connectivity index (χ1) is 5.60. The van der Waals surface area contributed by atoms with Gasteiger partial charge in [0, 0.05) is 17.9 Å². The molecule has 2 atom stereocenters. The topological polar surface area (TPSA) is 66.5 Å². The lowest BCUT2D eigenvalue weighted by Crippen LogP contribution is -2.42. The zero-order valence-corrected chi connectivity index (χ0v) is 7.20. The fraction of sp³-hybridized carbons (Fsp3) is 0.556. The van der Waals surface area contributed by atoms with Gasteiger partial charge in [0.2, 0.25) is 0 Å². The Hall–Kier alpha value is -0.800. The summed E-state index contributed by atoms with van der Waals surface area (Å²) in [7, 11) is 0. The second kappa shape index (κ2) is 3.29. The Bertz CT molecular complexity index is 221. The van der Waals surface area contributed by atoms with Crippen LogP contribution in [0.15, 0.2) is 24.0 Å². The Morgan fingerprint density at radius 1 is 1.75 bits per heavy atom. The zero-order valence-electron chi connectivity index (χ0n) is 7.20. The first-order valence-corrected chi connectivity index (χ1v) is 4.04. The summed E-state index contributed by atoms with van der Waals surface area (Å²) in [6.07, 6.45) is 5.64. The van der Waals surface area contributed by atoms with E-state index in [0.29, 0.717) is 6.42 Å². The van der Waals surface area contributed by atoms with Crippen LogP contribution in [0.2, 0.25) is 0 Å². The average Bonchev–Trinajstić information content (AvgIpc) is 2.04. The molecular weight excluding hydrogens is 154 g/mol. The van der Waals surface area contributed by atoms with Gasteiger partial charge in [0.25, 0.3) is 0 Å². The van der Waals surface area contributed by atoms with Gasteiger partial charge in [-0.2, -0.15) is 0 Å². The van der Waals surface area contributed by atoms with E-state index >= 15 is 0 Å². The zero-order chi connectivity index (χ0) is 9.19. The fourth-order valence-electron chi connectivity index (χ4n) is 1.37. The van der Waals surface area contributed by atoms with E-state index in [9.17, 15) is 5.11 Å². The summed E-state index contributed by atoms with van der Waals surface area (Å²) in [5.74, 6) is 0.281. The van der Waals surface area contributed by atoms with Crippen molar-refractivity contribution in [3.05, 3.63) is 24.0 Å². The van der Waals surface area contributed by atoms with Crippen molar-refractivity contribution in [2.75, 3.05) is 6.61 Å². The van der Waals surface area contributed by atoms with E-state index < -0.39 is 5.41 Å². The van der Waals surface area contributed by atoms with Crippen molar-refractivity contribution in [1.29, 1.82) is 0 Å². The minimum atomic E-state index is -0.473. The SMILES string of the molecule is CC(N)[C@]1(CO)C=CC=C(O)C1. The van der Waals surface area contributed by atoms with Gasteiger partial charge in [-0.25, -0.2) is 0 Å². The number of aliphatic hydroxyl groups is 2. The van der Waals surface area contributed by atoms with Crippen molar-refractivity contribution in [2.24, 2.45) is 11.1 Å². The predicted octanol–water partition coefficient (Wildman–Crippen LogP) is 0.714. The number of rotatable bonds is 2. The maximum absolute atomic E-state index is 9.27. The highest BCUT2D eigenvalue weighted by Crippen LogP contribution is 2.32. The first-order valence-electron chi connectivity index (χ1n) is 4.04. The number of hydrogen-bond acceptors (Lipinski definition) is 3. The molecule has 12 heavy (non-hydrogen) atoms. The molecule has 0 bridgehead atoms. The molecule has 0 radical (unpaired) electrons. The van der Waals surface area contributed by atoms with Gasteiger partial charge in [-0.3, -0.25) is 0 Å². The monoisotopic (exact) mass is 169 g/mol. The molecule has 0 spiro atoms. The molecule has 1 aliphatic carbocycles. The minimum absolute atomic E-state index is 0.0287. The quantitative estimate of drug-likeness (QED) is 0.570. The number of nitrogens with two attached hydrogens (primary N) is 1. The summed E-state index contributed by atoms with van der Waals surface area (Å²) < 4.78 is 0. The predicted molar refractivity (Wildman–Crippen MR) is 47.6 cm³/mol. The van der Waals surface area contributed by atoms with Crippen LogP contribution < -0.4 is 5.73 Å². The van der Waals surface area contributed by atoms with Crippen LogP contribution in [0, 0.1) is 5.41 Å². The summed E-state index contributed by atoms with van der Waals surface area (Å²) in [6.45, 7) is 1.80. The normalized spacial score (nSPS) is 31.4. The number of allylic oxidation sites excluding steroid dienone is 3. The lowest BCUT2D eigenvalue weighted by Gasteiger charge is -2.33. The Morgan fingerprint density at radius 2 is 2.42 bits per heavy atom. The summed E-state index contributed by atoms with van der Waals surface area (Å²) in [6, 6.07) is -0.158. The molecule has 0 aromatic carbocycles. The lowest BCUT2D eigenvalue weighted by atomic mass is 9.76. The van der Waals surface area contributed by atoms with Gasteiger partial charge in [0.1, 0.15) is 0 Å². The van der Waals surface area contributed by atoms with Gasteiger partial charge < -0.3 is 15.9 Å². The van der Waals surface area contributed by atoms with Crippen molar-refractivity contribution >= 4 is 0 Å². The first kappa shape index (κ1) is 9.29. The van der Waals surface area contributed by atoms with E-state index in [2.05, 4.69) is 0 Å². The summed E-state index contributed by atoms with van der Waals surface area (Å²) in [5.41, 5.74) is 5.25. The molecule has 0 amide bonds. The molecule has 0 saturated carbocycles. The Labute approximate surface area is 72.2 Å². The molecule has 1 unspecified atom stereocenters. The molecule has 0 heterocycles. The van der Waals surface area contributed by atoms with E-state index in [1.807, 2.05) is 13.0 Å². The van der Waals surface area contributed by atoms with Crippen LogP contribution in [-0.4, -0.2) is 22.9 Å². The molecular formula is C9H15NO2. The van der Waals surface area contributed by atoms with Crippen molar-refractivity contribution in [3.8, 4) is 0 Å². The largest absolute Gasteiger partial charge is 0.512 e. The van der Waals surface area contributed by atoms with Gasteiger partial charge in [-0.15, -0.1) is 0 Å². The minimum Gasteiger partial charge on any atom is -0.512 e. The lowest BCUT2D eigenvalue weighted by molar-refractivity contribution is 0.131. The molecule has 4 N–H and O–H groups in total. The molecule has 3 heteroatoms. The van der Waals surface area contributed by atoms with E-state index in [1.165, 1.54) is 0 Å². The van der Waals surface area contributed by atoms with E-state index in [-0.39, 0.29) is 18.4 Å². The van der Waals surface area contributed by atoms with Gasteiger partial charge in [0.15, 0.2) is 0 Å². The average molecular weight is 169 g/mol. The van der Waals surface area contributed by atoms with Crippen molar-refractivity contribution in [1.82, 2.24) is 0 Å². The van der Waals surface area contributed by atoms with Crippen LogP contribution in [0.1, 0.15) is 13.3 Å². The molecule has 0 aliphatic heterocycles. The Balaban J connectivity index is 2.84. The van der Waals surface area contributed by atoms with E-state index in [0.717, 1.165) is 0 Å². The van der Waals surface area contributed by atoms with E-state index in [4.69, 9.17) is 10.8 Å². The molecule has 0 aromatic rings. The second-order valence-electron chi connectivity index (χ2n) is 3.37. The van der Waals surface area contributed by atoms with Gasteiger partial charge in [0.05, 0.1) is 12.4 Å². The molecule has 68 valence electrons. The summed E-state index contributed by atoms with van der Waals surface area (Å²) in [5, 5.41) is 18.4. The molecule has 3 nitrogen and oxygen atoms in total. The van der Waals surface area contributed by atoms with Crippen LogP contribution >= 0.6 is 0 Å². The Kier molecular flexibility index (Phi) is 2.55. The number of hydrogen-bond donors (Lipinski definition) is 3. The second-order valence-corrected chi connectivity index (χ2v) is 3.37. The summed E-state index contributed by atoms with van der Waals surface area (Å²) >= 11 is 0. The van der Waals surface area contributed by atoms with Gasteiger partial charge in [-0.05, 0) is 13.0 Å². The molecule has 0 saturated heterocycles. The maximum atomic E-state index is 9.27. The van der Waals surface area contributed by atoms with Crippen LogP contribution in [0.3, 0.4) is 0 Å². The van der Waals surface area contributed by atoms with Crippen LogP contribution in [0.25, 0.3) is 0 Å². The standard InChI is InChI=1S/C9H15NO2/c1-7(10)9(6-11)4-2-3-8(12)5-9/h2-4,7,11-12H,5-6,10H2,1H3/t7?,9-/m1/s1. The van der Waals surface area contributed by atoms with E-state index in [1.54, 1.807) is 12.2 Å². The van der Waals surface area contributed by atoms with Crippen LogP contribution in [-0.2, 0) is 0 Å². The molecule has 0 aromatic heterocycles. The third kappa shape index (κ3) is 1.52. The van der Waals surface area contributed by atoms with Gasteiger partial charge in [-0.1, -0.05) is 12.2 Å². The third-order valence-corrected chi connectivity index (χ3v) is 2.43. The van der Waals surface area contributed by atoms with Crippen molar-refractivity contribution in [3.63, 3.8) is 0 Å². The van der Waals surface area contributed by atoms with Crippen LogP contribution in [0.4, 0.5) is 0 Å². The number of aliphatic hydroxyl groups excluding tert-OH is 2. The Morgan fingerprint density at radius 3 is 2.75 bits per heavy atom. The molecule has 0 fully saturated rings. The van der Waals surface area contributed by atoms with Crippen molar-refractivity contribution < 1.29 is 10.2 Å². The smallest absolute Gasteiger partial charge is 0.0932 e. The summed E-state index contributed by atoms with van der Waals surface area (Å²) in [4.78, 5) is 0. The van der Waals surface area contributed by atoms with Crippen LogP contribution in [0.5, 0.6) is 0 Å². The fourth-order valence-corrected chi connectivity index (χ4v) is 1.37. The highest BCUT2D eigenvalue weighted by molar-refractivity contribution is 5.21. The maximum Gasteiger partial charge on any atom is 0.0932 e.